The predicted octanol–water partition coefficient (Wildman–Crippen LogP) is 5.17. The Hall–Kier alpha value is -2.80. The van der Waals surface area contributed by atoms with Gasteiger partial charge in [0, 0.05) is 5.56 Å². The number of nitrogens with one attached hydrogen (secondary N) is 1. The van der Waals surface area contributed by atoms with Crippen molar-refractivity contribution < 1.29 is 21.6 Å². The average Bonchev–Trinajstić information content (AvgIpc) is 2.62. The van der Waals surface area contributed by atoms with Crippen LogP contribution >= 0.6 is 0 Å². The largest absolute Gasteiger partial charge is 0.416 e. The Bertz CT molecular complexity index is 999. The molecule has 3 nitrogen and oxygen atoms in total. The first-order valence-electron chi connectivity index (χ1n) is 7.62. The highest BCUT2D eigenvalue weighted by Crippen LogP contribution is 2.33. The van der Waals surface area contributed by atoms with Crippen molar-refractivity contribution in [3.63, 3.8) is 0 Å². The summed E-state index contributed by atoms with van der Waals surface area (Å²) in [6.45, 7) is 0. The third-order valence-electron chi connectivity index (χ3n) is 3.75. The van der Waals surface area contributed by atoms with Crippen LogP contribution in [0, 0.1) is 0 Å². The molecule has 0 heterocycles. The smallest absolute Gasteiger partial charge is 0.279 e. The lowest BCUT2D eigenvalue weighted by Gasteiger charge is -2.14. The molecule has 0 atom stereocenters. The first kappa shape index (κ1) is 18.0. The van der Waals surface area contributed by atoms with Crippen molar-refractivity contribution in [2.24, 2.45) is 0 Å². The van der Waals surface area contributed by atoms with Gasteiger partial charge in [0.2, 0.25) is 0 Å². The van der Waals surface area contributed by atoms with Crippen LogP contribution in [0.15, 0.2) is 83.8 Å². The lowest BCUT2D eigenvalue weighted by Crippen LogP contribution is -2.13. The fourth-order valence-corrected chi connectivity index (χ4v) is 3.57. The predicted molar refractivity (Wildman–Crippen MR) is 94.1 cm³/mol. The van der Waals surface area contributed by atoms with Crippen molar-refractivity contribution in [3.8, 4) is 11.1 Å². The topological polar surface area (TPSA) is 46.2 Å². The van der Waals surface area contributed by atoms with Gasteiger partial charge in [0.05, 0.1) is 16.1 Å². The van der Waals surface area contributed by atoms with Crippen molar-refractivity contribution in [1.29, 1.82) is 0 Å². The van der Waals surface area contributed by atoms with Crippen molar-refractivity contribution in [2.45, 2.75) is 11.1 Å². The first-order valence-corrected chi connectivity index (χ1v) is 9.10. The molecule has 0 aromatic heterocycles. The van der Waals surface area contributed by atoms with Gasteiger partial charge >= 0.3 is 6.18 Å². The van der Waals surface area contributed by atoms with Crippen LogP contribution in [-0.4, -0.2) is 8.42 Å². The Balaban J connectivity index is 1.97. The number of para-hydroxylation sites is 1. The molecule has 1 N–H and O–H groups in total. The minimum absolute atomic E-state index is 0.0993. The van der Waals surface area contributed by atoms with Gasteiger partial charge in [-0.3, -0.25) is 4.72 Å². The SMILES string of the molecule is O=S(=O)(Nc1ccccc1-c1ccc(C(F)(F)F)cc1)c1ccccc1. The Morgan fingerprint density at radius 1 is 0.731 bits per heavy atom. The summed E-state index contributed by atoms with van der Waals surface area (Å²) in [6, 6.07) is 19.0. The second kappa shape index (κ2) is 6.84. The van der Waals surface area contributed by atoms with Crippen LogP contribution in [0.3, 0.4) is 0 Å². The van der Waals surface area contributed by atoms with E-state index in [1.165, 1.54) is 24.3 Å². The Morgan fingerprint density at radius 2 is 1.31 bits per heavy atom. The molecule has 0 bridgehead atoms. The lowest BCUT2D eigenvalue weighted by atomic mass is 10.0. The fourth-order valence-electron chi connectivity index (χ4n) is 2.47. The van der Waals surface area contributed by atoms with Gasteiger partial charge in [-0.25, -0.2) is 8.42 Å². The summed E-state index contributed by atoms with van der Waals surface area (Å²) in [6.07, 6.45) is -4.42. The normalized spacial score (nSPS) is 12.0. The second-order valence-electron chi connectivity index (χ2n) is 5.54. The van der Waals surface area contributed by atoms with Crippen molar-refractivity contribution in [2.75, 3.05) is 4.72 Å². The van der Waals surface area contributed by atoms with E-state index in [4.69, 9.17) is 0 Å². The highest BCUT2D eigenvalue weighted by atomic mass is 32.2. The van der Waals surface area contributed by atoms with E-state index in [0.29, 0.717) is 11.1 Å². The number of alkyl halides is 3. The standard InChI is InChI=1S/C19H14F3NO2S/c20-19(21,22)15-12-10-14(11-13-15)17-8-4-5-9-18(17)23-26(24,25)16-6-2-1-3-7-16/h1-13,23H. The highest BCUT2D eigenvalue weighted by Gasteiger charge is 2.30. The van der Waals surface area contributed by atoms with Gasteiger partial charge in [0.1, 0.15) is 0 Å². The maximum atomic E-state index is 12.7. The molecule has 0 aliphatic rings. The maximum absolute atomic E-state index is 12.7. The van der Waals surface area contributed by atoms with E-state index in [0.717, 1.165) is 12.1 Å². The van der Waals surface area contributed by atoms with Crippen molar-refractivity contribution in [3.05, 3.63) is 84.4 Å². The minimum Gasteiger partial charge on any atom is -0.279 e. The second-order valence-corrected chi connectivity index (χ2v) is 7.22. The van der Waals surface area contributed by atoms with E-state index in [1.54, 1.807) is 42.5 Å². The summed E-state index contributed by atoms with van der Waals surface area (Å²) in [5.74, 6) is 0. The number of sulfonamides is 1. The van der Waals surface area contributed by atoms with Crippen LogP contribution in [0.2, 0.25) is 0 Å². The summed E-state index contributed by atoms with van der Waals surface area (Å²) in [4.78, 5) is 0.0993. The number of halogens is 3. The van der Waals surface area contributed by atoms with E-state index >= 15 is 0 Å². The van der Waals surface area contributed by atoms with Gasteiger partial charge < -0.3 is 0 Å². The third kappa shape index (κ3) is 3.88. The average molecular weight is 377 g/mol. The maximum Gasteiger partial charge on any atom is 0.416 e. The van der Waals surface area contributed by atoms with Crippen LogP contribution in [-0.2, 0) is 16.2 Å². The molecule has 0 radical (unpaired) electrons. The van der Waals surface area contributed by atoms with Crippen molar-refractivity contribution in [1.82, 2.24) is 0 Å². The Labute approximate surface area is 149 Å². The molecule has 0 aliphatic heterocycles. The van der Waals surface area contributed by atoms with Crippen LogP contribution < -0.4 is 4.72 Å². The summed E-state index contributed by atoms with van der Waals surface area (Å²) in [7, 11) is -3.81. The molecular weight excluding hydrogens is 363 g/mol. The molecular formula is C19H14F3NO2S. The van der Waals surface area contributed by atoms with Gasteiger partial charge in [-0.1, -0.05) is 48.5 Å². The molecule has 3 rings (SSSR count). The van der Waals surface area contributed by atoms with Crippen LogP contribution in [0.25, 0.3) is 11.1 Å². The quantitative estimate of drug-likeness (QED) is 0.682. The molecule has 0 saturated carbocycles. The van der Waals surface area contributed by atoms with E-state index in [-0.39, 0.29) is 10.6 Å². The zero-order chi connectivity index (χ0) is 18.8. The van der Waals surface area contributed by atoms with Gasteiger partial charge in [-0.05, 0) is 35.9 Å². The molecule has 7 heteroatoms. The zero-order valence-electron chi connectivity index (χ0n) is 13.4. The number of rotatable bonds is 4. The van der Waals surface area contributed by atoms with Crippen molar-refractivity contribution >= 4 is 15.7 Å². The minimum atomic E-state index is -4.42. The van der Waals surface area contributed by atoms with E-state index in [2.05, 4.69) is 4.72 Å². The molecule has 26 heavy (non-hydrogen) atoms. The molecule has 134 valence electrons. The van der Waals surface area contributed by atoms with Crippen LogP contribution in [0.5, 0.6) is 0 Å². The molecule has 0 fully saturated rings. The van der Waals surface area contributed by atoms with Gasteiger partial charge in [0.15, 0.2) is 0 Å². The molecule has 0 aliphatic carbocycles. The molecule has 0 unspecified atom stereocenters. The van der Waals surface area contributed by atoms with Crippen LogP contribution in [0.1, 0.15) is 5.56 Å². The van der Waals surface area contributed by atoms with Gasteiger partial charge in [-0.15, -0.1) is 0 Å². The molecule has 3 aromatic carbocycles. The lowest BCUT2D eigenvalue weighted by molar-refractivity contribution is -0.137. The fraction of sp³-hybridized carbons (Fsp3) is 0.0526. The monoisotopic (exact) mass is 377 g/mol. The molecule has 0 amide bonds. The number of hydrogen-bond acceptors (Lipinski definition) is 2. The van der Waals surface area contributed by atoms with E-state index in [1.807, 2.05) is 0 Å². The molecule has 0 spiro atoms. The zero-order valence-corrected chi connectivity index (χ0v) is 14.2. The molecule has 3 aromatic rings. The van der Waals surface area contributed by atoms with E-state index in [9.17, 15) is 21.6 Å². The summed E-state index contributed by atoms with van der Waals surface area (Å²) in [5.41, 5.74) is 0.491. The van der Waals surface area contributed by atoms with Crippen LogP contribution in [0.4, 0.5) is 18.9 Å². The molecule has 0 saturated heterocycles. The third-order valence-corrected chi connectivity index (χ3v) is 5.13. The summed E-state index contributed by atoms with van der Waals surface area (Å²) < 4.78 is 65.7. The first-order chi connectivity index (χ1) is 12.3. The Kier molecular flexibility index (Phi) is 4.73. The van der Waals surface area contributed by atoms with Gasteiger partial charge in [-0.2, -0.15) is 13.2 Å². The van der Waals surface area contributed by atoms with E-state index < -0.39 is 21.8 Å². The highest BCUT2D eigenvalue weighted by molar-refractivity contribution is 7.92. The summed E-state index contributed by atoms with van der Waals surface area (Å²) >= 11 is 0. The summed E-state index contributed by atoms with van der Waals surface area (Å²) in [5, 5.41) is 0. The number of anilines is 1. The Morgan fingerprint density at radius 3 is 1.92 bits per heavy atom. The number of benzene rings is 3. The van der Waals surface area contributed by atoms with Gasteiger partial charge in [0.25, 0.3) is 10.0 Å². The number of hydrogen-bond donors (Lipinski definition) is 1.